The van der Waals surface area contributed by atoms with Crippen molar-refractivity contribution < 1.29 is 9.90 Å². The fraction of sp³-hybridized carbons (Fsp3) is 0.240. The standard InChI is InChI=1S/C25H27ClN2O2/c1-3-13-27-22-12-7-17(2)23(15-22)18-8-10-19(11-9-18)25(30)28-24(16-29)20-5-4-6-21(26)14-20/h4-12,14-15,24,27,29H,3,13,16H2,1-2H3,(H,28,30)/t24-/m1/s1. The number of anilines is 1. The summed E-state index contributed by atoms with van der Waals surface area (Å²) in [6.07, 6.45) is 1.07. The first-order chi connectivity index (χ1) is 14.5. The maximum absolute atomic E-state index is 12.7. The second kappa shape index (κ2) is 10.3. The Morgan fingerprint density at radius 2 is 1.83 bits per heavy atom. The van der Waals surface area contributed by atoms with Gasteiger partial charge in [0.25, 0.3) is 5.91 Å². The number of carbonyl (C=O) groups is 1. The summed E-state index contributed by atoms with van der Waals surface area (Å²) in [7, 11) is 0. The van der Waals surface area contributed by atoms with Crippen molar-refractivity contribution in [1.82, 2.24) is 5.32 Å². The number of aliphatic hydroxyl groups excluding tert-OH is 1. The van der Waals surface area contributed by atoms with E-state index in [2.05, 4.69) is 42.7 Å². The van der Waals surface area contributed by atoms with Crippen LogP contribution >= 0.6 is 11.6 Å². The topological polar surface area (TPSA) is 61.4 Å². The molecule has 156 valence electrons. The number of hydrogen-bond donors (Lipinski definition) is 3. The summed E-state index contributed by atoms with van der Waals surface area (Å²) >= 11 is 6.03. The van der Waals surface area contributed by atoms with E-state index in [0.717, 1.165) is 35.3 Å². The molecule has 3 aromatic carbocycles. The van der Waals surface area contributed by atoms with E-state index < -0.39 is 6.04 Å². The highest BCUT2D eigenvalue weighted by atomic mass is 35.5. The van der Waals surface area contributed by atoms with E-state index in [1.165, 1.54) is 5.56 Å². The Kier molecular flexibility index (Phi) is 7.50. The zero-order valence-corrected chi connectivity index (χ0v) is 18.0. The van der Waals surface area contributed by atoms with Crippen molar-refractivity contribution in [2.24, 2.45) is 0 Å². The number of amides is 1. The van der Waals surface area contributed by atoms with Crippen LogP contribution in [-0.4, -0.2) is 24.2 Å². The van der Waals surface area contributed by atoms with E-state index in [1.807, 2.05) is 30.3 Å². The monoisotopic (exact) mass is 422 g/mol. The van der Waals surface area contributed by atoms with Gasteiger partial charge in [0.2, 0.25) is 0 Å². The molecule has 1 atom stereocenters. The normalized spacial score (nSPS) is 11.7. The van der Waals surface area contributed by atoms with E-state index in [9.17, 15) is 9.90 Å². The number of nitrogens with one attached hydrogen (secondary N) is 2. The first kappa shape index (κ1) is 21.9. The highest BCUT2D eigenvalue weighted by Gasteiger charge is 2.15. The average Bonchev–Trinajstić information content (AvgIpc) is 2.77. The molecule has 0 aliphatic carbocycles. The quantitative estimate of drug-likeness (QED) is 0.442. The first-order valence-electron chi connectivity index (χ1n) is 10.1. The largest absolute Gasteiger partial charge is 0.394 e. The van der Waals surface area contributed by atoms with E-state index in [1.54, 1.807) is 18.2 Å². The third-order valence-electron chi connectivity index (χ3n) is 5.01. The van der Waals surface area contributed by atoms with E-state index in [-0.39, 0.29) is 12.5 Å². The first-order valence-corrected chi connectivity index (χ1v) is 10.5. The second-order valence-electron chi connectivity index (χ2n) is 7.30. The van der Waals surface area contributed by atoms with Gasteiger partial charge in [-0.1, -0.05) is 48.9 Å². The summed E-state index contributed by atoms with van der Waals surface area (Å²) in [6.45, 7) is 4.94. The summed E-state index contributed by atoms with van der Waals surface area (Å²) in [6, 6.07) is 20.5. The molecule has 0 fully saturated rings. The molecule has 0 aliphatic rings. The zero-order chi connectivity index (χ0) is 21.5. The number of carbonyl (C=O) groups excluding carboxylic acids is 1. The molecule has 0 saturated heterocycles. The molecule has 0 bridgehead atoms. The Hall–Kier alpha value is -2.82. The Morgan fingerprint density at radius 3 is 2.50 bits per heavy atom. The zero-order valence-electron chi connectivity index (χ0n) is 17.3. The summed E-state index contributed by atoms with van der Waals surface area (Å²) in [5.74, 6) is -0.240. The minimum atomic E-state index is -0.514. The van der Waals surface area contributed by atoms with Crippen molar-refractivity contribution in [3.63, 3.8) is 0 Å². The van der Waals surface area contributed by atoms with Crippen LogP contribution in [0, 0.1) is 6.92 Å². The number of rotatable bonds is 8. The fourth-order valence-corrected chi connectivity index (χ4v) is 3.51. The lowest BCUT2D eigenvalue weighted by Gasteiger charge is -2.17. The number of aryl methyl sites for hydroxylation is 1. The molecular formula is C25H27ClN2O2. The number of hydrogen-bond acceptors (Lipinski definition) is 3. The van der Waals surface area contributed by atoms with Crippen LogP contribution in [0.5, 0.6) is 0 Å². The highest BCUT2D eigenvalue weighted by molar-refractivity contribution is 6.30. The molecule has 0 unspecified atom stereocenters. The minimum Gasteiger partial charge on any atom is -0.394 e. The van der Waals surface area contributed by atoms with Crippen LogP contribution in [-0.2, 0) is 0 Å². The maximum atomic E-state index is 12.7. The Balaban J connectivity index is 1.76. The van der Waals surface area contributed by atoms with E-state index in [4.69, 9.17) is 11.6 Å². The van der Waals surface area contributed by atoms with Crippen LogP contribution in [0.25, 0.3) is 11.1 Å². The van der Waals surface area contributed by atoms with Crippen molar-refractivity contribution in [3.8, 4) is 11.1 Å². The molecule has 0 aliphatic heterocycles. The fourth-order valence-electron chi connectivity index (χ4n) is 3.31. The van der Waals surface area contributed by atoms with Crippen LogP contribution in [0.2, 0.25) is 5.02 Å². The molecule has 0 radical (unpaired) electrons. The maximum Gasteiger partial charge on any atom is 0.251 e. The van der Waals surface area contributed by atoms with Crippen molar-refractivity contribution in [3.05, 3.63) is 88.4 Å². The highest BCUT2D eigenvalue weighted by Crippen LogP contribution is 2.27. The van der Waals surface area contributed by atoms with Gasteiger partial charge in [0.05, 0.1) is 12.6 Å². The molecule has 4 nitrogen and oxygen atoms in total. The second-order valence-corrected chi connectivity index (χ2v) is 7.73. The Labute approximate surface area is 182 Å². The van der Waals surface area contributed by atoms with Gasteiger partial charge >= 0.3 is 0 Å². The predicted molar refractivity (Wildman–Crippen MR) is 124 cm³/mol. The lowest BCUT2D eigenvalue weighted by Crippen LogP contribution is -2.30. The van der Waals surface area contributed by atoms with Crippen LogP contribution in [0.15, 0.2) is 66.7 Å². The van der Waals surface area contributed by atoms with Crippen molar-refractivity contribution in [2.75, 3.05) is 18.5 Å². The number of halogens is 1. The van der Waals surface area contributed by atoms with Crippen LogP contribution in [0.3, 0.4) is 0 Å². The molecule has 0 heterocycles. The molecule has 0 saturated carbocycles. The van der Waals surface area contributed by atoms with Crippen LogP contribution in [0.4, 0.5) is 5.69 Å². The van der Waals surface area contributed by atoms with Crippen molar-refractivity contribution in [1.29, 1.82) is 0 Å². The molecular weight excluding hydrogens is 396 g/mol. The lowest BCUT2D eigenvalue weighted by molar-refractivity contribution is 0.0916. The SMILES string of the molecule is CCCNc1ccc(C)c(-c2ccc(C(=O)N[C@H](CO)c3cccc(Cl)c3)cc2)c1. The Morgan fingerprint density at radius 1 is 1.07 bits per heavy atom. The molecule has 30 heavy (non-hydrogen) atoms. The van der Waals surface area contributed by atoms with Gasteiger partial charge < -0.3 is 15.7 Å². The van der Waals surface area contributed by atoms with Gasteiger partial charge in [-0.25, -0.2) is 0 Å². The molecule has 3 N–H and O–H groups in total. The summed E-state index contributed by atoms with van der Waals surface area (Å²) in [5, 5.41) is 16.6. The average molecular weight is 423 g/mol. The van der Waals surface area contributed by atoms with Crippen molar-refractivity contribution in [2.45, 2.75) is 26.3 Å². The van der Waals surface area contributed by atoms with Gasteiger partial charge in [-0.15, -0.1) is 0 Å². The molecule has 5 heteroatoms. The molecule has 0 spiro atoms. The molecule has 1 amide bonds. The third kappa shape index (κ3) is 5.41. The number of aliphatic hydroxyl groups is 1. The summed E-state index contributed by atoms with van der Waals surface area (Å²) < 4.78 is 0. The van der Waals surface area contributed by atoms with Gasteiger partial charge in [-0.05, 0) is 72.0 Å². The molecule has 3 rings (SSSR count). The third-order valence-corrected chi connectivity index (χ3v) is 5.25. The van der Waals surface area contributed by atoms with Gasteiger partial charge in [-0.3, -0.25) is 4.79 Å². The van der Waals surface area contributed by atoms with E-state index in [0.29, 0.717) is 10.6 Å². The Bertz CT molecular complexity index is 1000. The van der Waals surface area contributed by atoms with Gasteiger partial charge in [0.1, 0.15) is 0 Å². The summed E-state index contributed by atoms with van der Waals surface area (Å²) in [4.78, 5) is 12.7. The molecule has 3 aromatic rings. The molecule has 0 aromatic heterocycles. The van der Waals surface area contributed by atoms with Gasteiger partial charge in [0.15, 0.2) is 0 Å². The van der Waals surface area contributed by atoms with Crippen LogP contribution in [0.1, 0.15) is 40.9 Å². The lowest BCUT2D eigenvalue weighted by atomic mass is 9.98. The van der Waals surface area contributed by atoms with Gasteiger partial charge in [-0.2, -0.15) is 0 Å². The van der Waals surface area contributed by atoms with Crippen LogP contribution < -0.4 is 10.6 Å². The predicted octanol–water partition coefficient (Wildman–Crippen LogP) is 5.60. The minimum absolute atomic E-state index is 0.207. The number of benzene rings is 3. The van der Waals surface area contributed by atoms with E-state index >= 15 is 0 Å². The summed E-state index contributed by atoms with van der Waals surface area (Å²) in [5.41, 5.74) is 5.76. The van der Waals surface area contributed by atoms with Crippen molar-refractivity contribution >= 4 is 23.2 Å². The smallest absolute Gasteiger partial charge is 0.251 e. The van der Waals surface area contributed by atoms with Gasteiger partial charge in [0, 0.05) is 22.8 Å².